The van der Waals surface area contributed by atoms with E-state index in [1.54, 1.807) is 0 Å². The van der Waals surface area contributed by atoms with Crippen LogP contribution in [0.1, 0.15) is 195 Å². The van der Waals surface area contributed by atoms with Gasteiger partial charge >= 0.3 is 23.9 Å². The minimum absolute atomic E-state index is 0.172. The molecule has 0 aromatic rings. The van der Waals surface area contributed by atoms with Crippen molar-refractivity contribution in [3.05, 3.63) is 0 Å². The number of aliphatic carboxylic acids is 2. The molecule has 0 rings (SSSR count). The van der Waals surface area contributed by atoms with Gasteiger partial charge in [-0.15, -0.1) is 0 Å². The van der Waals surface area contributed by atoms with Crippen LogP contribution in [0.25, 0.3) is 0 Å². The molecule has 0 amide bonds. The molecule has 0 aliphatic heterocycles. The predicted molar refractivity (Wildman–Crippen MR) is 180 cm³/mol. The summed E-state index contributed by atoms with van der Waals surface area (Å²) in [5.74, 6) is -1.69. The zero-order chi connectivity index (χ0) is 33.7. The third-order valence-corrected chi connectivity index (χ3v) is 7.14. The van der Waals surface area contributed by atoms with Gasteiger partial charge in [-0.1, -0.05) is 137 Å². The summed E-state index contributed by atoms with van der Waals surface area (Å²) in [5.41, 5.74) is 0. The summed E-state index contributed by atoms with van der Waals surface area (Å²) in [7, 11) is 0. The maximum Gasteiger partial charge on any atom is 0.306 e. The van der Waals surface area contributed by atoms with E-state index >= 15 is 0 Å². The summed E-state index contributed by atoms with van der Waals surface area (Å²) in [6, 6.07) is 0. The first-order valence-electron chi connectivity index (χ1n) is 18.0. The van der Waals surface area contributed by atoms with Gasteiger partial charge in [-0.2, -0.15) is 0 Å². The Kier molecular flexibility index (Phi) is 40.9. The van der Waals surface area contributed by atoms with Crippen molar-refractivity contribution in [2.45, 2.75) is 201 Å². The lowest BCUT2D eigenvalue weighted by Gasteiger charge is -2.16. The SMILES string of the molecule is CCCCCCCC(=O)O.CCCCCCCC(=O)O.CCCCCCCC(=O)OCC(CC)OC(=O)CCCCCCC. The minimum Gasteiger partial charge on any atom is -0.481 e. The van der Waals surface area contributed by atoms with Crippen molar-refractivity contribution in [2.75, 3.05) is 6.61 Å². The predicted octanol–water partition coefficient (Wildman–Crippen LogP) is 10.4. The van der Waals surface area contributed by atoms with Crippen molar-refractivity contribution >= 4 is 23.9 Å². The maximum absolute atomic E-state index is 11.8. The number of carbonyl (C=O) groups is 4. The number of carboxylic acids is 2. The molecule has 0 heterocycles. The van der Waals surface area contributed by atoms with Crippen LogP contribution in [0.4, 0.5) is 0 Å². The molecule has 0 fully saturated rings. The molecule has 0 spiro atoms. The first-order valence-corrected chi connectivity index (χ1v) is 18.0. The fraction of sp³-hybridized carbons (Fsp3) is 0.889. The highest BCUT2D eigenvalue weighted by Gasteiger charge is 2.15. The normalized spacial score (nSPS) is 10.9. The Morgan fingerprint density at radius 2 is 0.773 bits per heavy atom. The first-order chi connectivity index (χ1) is 21.2. The summed E-state index contributed by atoms with van der Waals surface area (Å²) < 4.78 is 10.6. The van der Waals surface area contributed by atoms with Crippen LogP contribution in [0.2, 0.25) is 0 Å². The Morgan fingerprint density at radius 1 is 0.455 bits per heavy atom. The average molecular weight is 631 g/mol. The Morgan fingerprint density at radius 3 is 1.09 bits per heavy atom. The molecule has 0 saturated heterocycles. The zero-order valence-electron chi connectivity index (χ0n) is 29.3. The van der Waals surface area contributed by atoms with Gasteiger partial charge in [0.2, 0.25) is 0 Å². The molecule has 2 N–H and O–H groups in total. The number of carboxylic acid groups (broad SMARTS) is 2. The van der Waals surface area contributed by atoms with Crippen molar-refractivity contribution in [3.8, 4) is 0 Å². The summed E-state index contributed by atoms with van der Waals surface area (Å²) in [6.07, 6.45) is 24.2. The van der Waals surface area contributed by atoms with Gasteiger partial charge < -0.3 is 19.7 Å². The van der Waals surface area contributed by atoms with Gasteiger partial charge in [0.15, 0.2) is 0 Å². The Hall–Kier alpha value is -2.12. The largest absolute Gasteiger partial charge is 0.481 e. The maximum atomic E-state index is 11.8. The van der Waals surface area contributed by atoms with Gasteiger partial charge in [-0.05, 0) is 32.1 Å². The van der Waals surface area contributed by atoms with E-state index in [1.807, 2.05) is 6.92 Å². The summed E-state index contributed by atoms with van der Waals surface area (Å²) in [5, 5.41) is 16.5. The van der Waals surface area contributed by atoms with E-state index in [9.17, 15) is 19.2 Å². The monoisotopic (exact) mass is 631 g/mol. The second-order valence-corrected chi connectivity index (χ2v) is 11.6. The van der Waals surface area contributed by atoms with Crippen LogP contribution in [-0.4, -0.2) is 46.8 Å². The molecule has 0 aromatic carbocycles. The number of hydrogen-bond donors (Lipinski definition) is 2. The van der Waals surface area contributed by atoms with E-state index in [0.29, 0.717) is 32.1 Å². The molecule has 0 aromatic heterocycles. The van der Waals surface area contributed by atoms with Gasteiger partial charge in [0.25, 0.3) is 0 Å². The highest BCUT2D eigenvalue weighted by atomic mass is 16.6. The number of ether oxygens (including phenoxy) is 2. The lowest BCUT2D eigenvalue weighted by Crippen LogP contribution is -2.24. The Labute approximate surface area is 270 Å². The zero-order valence-corrected chi connectivity index (χ0v) is 29.3. The minimum atomic E-state index is -0.670. The van der Waals surface area contributed by atoms with Gasteiger partial charge in [-0.25, -0.2) is 0 Å². The van der Waals surface area contributed by atoms with Crippen molar-refractivity contribution in [1.82, 2.24) is 0 Å². The highest BCUT2D eigenvalue weighted by molar-refractivity contribution is 5.70. The molecule has 8 nitrogen and oxygen atoms in total. The second-order valence-electron chi connectivity index (χ2n) is 11.6. The molecule has 0 saturated carbocycles. The van der Waals surface area contributed by atoms with Crippen molar-refractivity contribution in [1.29, 1.82) is 0 Å². The lowest BCUT2D eigenvalue weighted by atomic mass is 10.1. The lowest BCUT2D eigenvalue weighted by molar-refractivity contribution is -0.159. The van der Waals surface area contributed by atoms with Crippen LogP contribution >= 0.6 is 0 Å². The van der Waals surface area contributed by atoms with Gasteiger partial charge in [0, 0.05) is 25.7 Å². The number of unbranched alkanes of at least 4 members (excludes halogenated alkanes) is 16. The van der Waals surface area contributed by atoms with E-state index in [0.717, 1.165) is 51.4 Å². The summed E-state index contributed by atoms with van der Waals surface area (Å²) in [4.78, 5) is 43.6. The molecule has 44 heavy (non-hydrogen) atoms. The molecule has 1 atom stereocenters. The smallest absolute Gasteiger partial charge is 0.306 e. The number of carbonyl (C=O) groups excluding carboxylic acids is 2. The standard InChI is InChI=1S/C20H38O4.2C8H16O2/c1-4-7-9-11-13-15-19(21)23-17-18(6-3)24-20(22)16-14-12-10-8-5-2;2*1-2-3-4-5-6-7-8(9)10/h18H,4-17H2,1-3H3;2*2-7H2,1H3,(H,9,10). The summed E-state index contributed by atoms with van der Waals surface area (Å²) in [6.45, 7) is 10.8. The molecule has 262 valence electrons. The Balaban J connectivity index is -0.000000689. The molecule has 8 heteroatoms. The van der Waals surface area contributed by atoms with E-state index in [-0.39, 0.29) is 24.6 Å². The van der Waals surface area contributed by atoms with Crippen molar-refractivity contribution < 1.29 is 38.9 Å². The van der Waals surface area contributed by atoms with Crippen LogP contribution in [-0.2, 0) is 28.7 Å². The van der Waals surface area contributed by atoms with Crippen molar-refractivity contribution in [2.24, 2.45) is 0 Å². The highest BCUT2D eigenvalue weighted by Crippen LogP contribution is 2.10. The molecular weight excluding hydrogens is 560 g/mol. The van der Waals surface area contributed by atoms with Crippen LogP contribution < -0.4 is 0 Å². The van der Waals surface area contributed by atoms with Crippen LogP contribution in [0.5, 0.6) is 0 Å². The molecule has 0 aliphatic carbocycles. The number of hydrogen-bond acceptors (Lipinski definition) is 6. The average Bonchev–Trinajstić information content (AvgIpc) is 2.99. The molecule has 0 radical (unpaired) electrons. The van der Waals surface area contributed by atoms with Gasteiger partial charge in [0.05, 0.1) is 0 Å². The van der Waals surface area contributed by atoms with E-state index < -0.39 is 11.9 Å². The number of esters is 2. The van der Waals surface area contributed by atoms with E-state index in [2.05, 4.69) is 27.7 Å². The topological polar surface area (TPSA) is 127 Å². The molecular formula is C36H70O8. The van der Waals surface area contributed by atoms with E-state index in [1.165, 1.54) is 77.0 Å². The quantitative estimate of drug-likeness (QED) is 0.0645. The van der Waals surface area contributed by atoms with Gasteiger partial charge in [-0.3, -0.25) is 19.2 Å². The fourth-order valence-electron chi connectivity index (χ4n) is 4.24. The first kappa shape index (κ1) is 46.3. The fourth-order valence-corrected chi connectivity index (χ4v) is 4.24. The van der Waals surface area contributed by atoms with Crippen LogP contribution in [0.15, 0.2) is 0 Å². The molecule has 0 bridgehead atoms. The number of rotatable bonds is 28. The summed E-state index contributed by atoms with van der Waals surface area (Å²) >= 11 is 0. The second kappa shape index (κ2) is 38.9. The van der Waals surface area contributed by atoms with Gasteiger partial charge in [0.1, 0.15) is 12.7 Å². The Bertz CT molecular complexity index is 626. The molecule has 0 aliphatic rings. The van der Waals surface area contributed by atoms with Crippen molar-refractivity contribution in [3.63, 3.8) is 0 Å². The van der Waals surface area contributed by atoms with Crippen LogP contribution in [0.3, 0.4) is 0 Å². The third-order valence-electron chi connectivity index (χ3n) is 7.14. The third kappa shape index (κ3) is 44.3. The van der Waals surface area contributed by atoms with Crippen LogP contribution in [0, 0.1) is 0 Å². The van der Waals surface area contributed by atoms with E-state index in [4.69, 9.17) is 19.7 Å². The molecule has 1 unspecified atom stereocenters.